The van der Waals surface area contributed by atoms with E-state index in [0.717, 1.165) is 12.1 Å². The van der Waals surface area contributed by atoms with Crippen molar-refractivity contribution in [2.75, 3.05) is 29.2 Å². The number of halogens is 1. The number of hydrogen-bond acceptors (Lipinski definition) is 4. The number of carbonyl (C=O) groups is 1. The first-order valence-corrected chi connectivity index (χ1v) is 9.72. The molecule has 110 valence electrons. The standard InChI is InChI=1S/C13H16ClNO3S2/c1-20(17,18)8-7-19-12-5-6-15(13(12)16)11-4-2-3-10(14)9-11/h2-4,9,12H,5-8H2,1H3/t12-/m0/s1. The van der Waals surface area contributed by atoms with E-state index < -0.39 is 9.84 Å². The van der Waals surface area contributed by atoms with Gasteiger partial charge in [-0.1, -0.05) is 17.7 Å². The number of benzene rings is 1. The molecule has 0 saturated carbocycles. The van der Waals surface area contributed by atoms with Crippen molar-refractivity contribution in [1.82, 2.24) is 0 Å². The minimum absolute atomic E-state index is 0.0331. The van der Waals surface area contributed by atoms with Crippen LogP contribution >= 0.6 is 23.4 Å². The number of amides is 1. The van der Waals surface area contributed by atoms with E-state index in [1.54, 1.807) is 17.0 Å². The van der Waals surface area contributed by atoms with Crippen LogP contribution in [0, 0.1) is 0 Å². The van der Waals surface area contributed by atoms with Crippen LogP contribution in [-0.4, -0.2) is 43.9 Å². The summed E-state index contributed by atoms with van der Waals surface area (Å²) in [5.41, 5.74) is 0.800. The summed E-state index contributed by atoms with van der Waals surface area (Å²) in [5, 5.41) is 0.444. The number of rotatable bonds is 5. The van der Waals surface area contributed by atoms with Crippen LogP contribution in [0.25, 0.3) is 0 Å². The summed E-state index contributed by atoms with van der Waals surface area (Å²) in [6, 6.07) is 7.20. The number of sulfone groups is 1. The quantitative estimate of drug-likeness (QED) is 0.829. The number of hydrogen-bond donors (Lipinski definition) is 0. The van der Waals surface area contributed by atoms with Crippen molar-refractivity contribution < 1.29 is 13.2 Å². The Hall–Kier alpha value is -0.720. The molecule has 1 heterocycles. The van der Waals surface area contributed by atoms with E-state index in [2.05, 4.69) is 0 Å². The summed E-state index contributed by atoms with van der Waals surface area (Å²) in [6.45, 7) is 0.649. The fraction of sp³-hybridized carbons (Fsp3) is 0.462. The largest absolute Gasteiger partial charge is 0.311 e. The molecular formula is C13H16ClNO3S2. The molecule has 1 saturated heterocycles. The van der Waals surface area contributed by atoms with Crippen LogP contribution in [-0.2, 0) is 14.6 Å². The Balaban J connectivity index is 1.96. The van der Waals surface area contributed by atoms with E-state index in [4.69, 9.17) is 11.6 Å². The van der Waals surface area contributed by atoms with Gasteiger partial charge in [-0.25, -0.2) is 8.42 Å². The first-order chi connectivity index (χ1) is 9.37. The molecule has 0 N–H and O–H groups in total. The van der Waals surface area contributed by atoms with Crippen molar-refractivity contribution in [3.05, 3.63) is 29.3 Å². The summed E-state index contributed by atoms with van der Waals surface area (Å²) in [6.07, 6.45) is 1.95. The molecule has 0 bridgehead atoms. The number of thioether (sulfide) groups is 1. The molecule has 1 aromatic carbocycles. The van der Waals surface area contributed by atoms with Gasteiger partial charge >= 0.3 is 0 Å². The molecular weight excluding hydrogens is 318 g/mol. The Morgan fingerprint density at radius 1 is 1.45 bits per heavy atom. The Bertz CT molecular complexity index is 603. The van der Waals surface area contributed by atoms with Crippen LogP contribution in [0.3, 0.4) is 0 Å². The molecule has 1 aliphatic heterocycles. The van der Waals surface area contributed by atoms with E-state index in [1.165, 1.54) is 18.0 Å². The fourth-order valence-electron chi connectivity index (χ4n) is 2.05. The van der Waals surface area contributed by atoms with E-state index in [0.29, 0.717) is 17.3 Å². The van der Waals surface area contributed by atoms with Crippen LogP contribution in [0.2, 0.25) is 5.02 Å². The molecule has 7 heteroatoms. The maximum Gasteiger partial charge on any atom is 0.240 e. The monoisotopic (exact) mass is 333 g/mol. The average molecular weight is 334 g/mol. The number of anilines is 1. The van der Waals surface area contributed by atoms with Gasteiger partial charge in [-0.15, -0.1) is 11.8 Å². The van der Waals surface area contributed by atoms with Gasteiger partial charge in [0.1, 0.15) is 9.84 Å². The zero-order valence-electron chi connectivity index (χ0n) is 11.1. The minimum Gasteiger partial charge on any atom is -0.311 e. The van der Waals surface area contributed by atoms with E-state index in [1.807, 2.05) is 12.1 Å². The molecule has 20 heavy (non-hydrogen) atoms. The predicted octanol–water partition coefficient (Wildman–Crippen LogP) is 2.22. The van der Waals surface area contributed by atoms with Gasteiger partial charge in [0, 0.05) is 29.3 Å². The molecule has 1 amide bonds. The maximum absolute atomic E-state index is 12.3. The van der Waals surface area contributed by atoms with Crippen molar-refractivity contribution in [3.8, 4) is 0 Å². The second-order valence-electron chi connectivity index (χ2n) is 4.75. The van der Waals surface area contributed by atoms with Crippen LogP contribution < -0.4 is 4.90 Å². The summed E-state index contributed by atoms with van der Waals surface area (Å²) < 4.78 is 22.2. The molecule has 0 aromatic heterocycles. The number of carbonyl (C=O) groups excluding carboxylic acids is 1. The highest BCUT2D eigenvalue weighted by atomic mass is 35.5. The lowest BCUT2D eigenvalue weighted by Crippen LogP contribution is -2.28. The molecule has 1 aromatic rings. The van der Waals surface area contributed by atoms with Gasteiger partial charge in [0.2, 0.25) is 5.91 Å². The number of nitrogens with zero attached hydrogens (tertiary/aromatic N) is 1. The summed E-state index contributed by atoms with van der Waals surface area (Å²) in [5.74, 6) is 0.600. The molecule has 2 rings (SSSR count). The highest BCUT2D eigenvalue weighted by Crippen LogP contribution is 2.29. The van der Waals surface area contributed by atoms with Gasteiger partial charge in [-0.05, 0) is 24.6 Å². The molecule has 0 spiro atoms. The molecule has 4 nitrogen and oxygen atoms in total. The van der Waals surface area contributed by atoms with Crippen molar-refractivity contribution in [2.45, 2.75) is 11.7 Å². The van der Waals surface area contributed by atoms with Gasteiger partial charge < -0.3 is 4.90 Å². The SMILES string of the molecule is CS(=O)(=O)CCS[C@H]1CCN(c2cccc(Cl)c2)C1=O. The van der Waals surface area contributed by atoms with Gasteiger partial charge in [-0.2, -0.15) is 0 Å². The van der Waals surface area contributed by atoms with E-state index >= 15 is 0 Å². The van der Waals surface area contributed by atoms with Crippen molar-refractivity contribution in [2.24, 2.45) is 0 Å². The molecule has 1 aliphatic rings. The zero-order valence-corrected chi connectivity index (χ0v) is 13.5. The summed E-state index contributed by atoms with van der Waals surface area (Å²) in [7, 11) is -2.97. The first kappa shape index (κ1) is 15.7. The van der Waals surface area contributed by atoms with Crippen molar-refractivity contribution in [3.63, 3.8) is 0 Å². The van der Waals surface area contributed by atoms with Crippen LogP contribution in [0.5, 0.6) is 0 Å². The van der Waals surface area contributed by atoms with Crippen molar-refractivity contribution >= 4 is 44.8 Å². The molecule has 0 unspecified atom stereocenters. The van der Waals surface area contributed by atoms with Gasteiger partial charge in [0.25, 0.3) is 0 Å². The molecule has 0 aliphatic carbocycles. The Labute approximate surface area is 128 Å². The lowest BCUT2D eigenvalue weighted by molar-refractivity contribution is -0.116. The first-order valence-electron chi connectivity index (χ1n) is 6.23. The molecule has 1 atom stereocenters. The second-order valence-corrected chi connectivity index (χ2v) is 8.75. The average Bonchev–Trinajstić information content (AvgIpc) is 2.70. The zero-order chi connectivity index (χ0) is 14.8. The third-order valence-corrected chi connectivity index (χ3v) is 5.77. The summed E-state index contributed by atoms with van der Waals surface area (Å²) >= 11 is 7.35. The van der Waals surface area contributed by atoms with Gasteiger partial charge in [0.15, 0.2) is 0 Å². The highest BCUT2D eigenvalue weighted by Gasteiger charge is 2.32. The second kappa shape index (κ2) is 6.37. The Morgan fingerprint density at radius 2 is 2.20 bits per heavy atom. The van der Waals surface area contributed by atoms with Gasteiger partial charge in [0.05, 0.1) is 11.0 Å². The fourth-order valence-corrected chi connectivity index (χ4v) is 4.66. The lowest BCUT2D eigenvalue weighted by atomic mass is 10.3. The minimum atomic E-state index is -2.97. The highest BCUT2D eigenvalue weighted by molar-refractivity contribution is 8.01. The van der Waals surface area contributed by atoms with Crippen LogP contribution in [0.1, 0.15) is 6.42 Å². The third-order valence-electron chi connectivity index (χ3n) is 3.05. The smallest absolute Gasteiger partial charge is 0.240 e. The van der Waals surface area contributed by atoms with Crippen LogP contribution in [0.15, 0.2) is 24.3 Å². The maximum atomic E-state index is 12.3. The third kappa shape index (κ3) is 4.14. The van der Waals surface area contributed by atoms with Gasteiger partial charge in [-0.3, -0.25) is 4.79 Å². The van der Waals surface area contributed by atoms with E-state index in [-0.39, 0.29) is 16.9 Å². The van der Waals surface area contributed by atoms with Crippen LogP contribution in [0.4, 0.5) is 5.69 Å². The molecule has 0 radical (unpaired) electrons. The Morgan fingerprint density at radius 3 is 2.85 bits per heavy atom. The van der Waals surface area contributed by atoms with E-state index in [9.17, 15) is 13.2 Å². The molecule has 1 fully saturated rings. The topological polar surface area (TPSA) is 54.5 Å². The van der Waals surface area contributed by atoms with Crippen molar-refractivity contribution in [1.29, 1.82) is 0 Å². The summed E-state index contributed by atoms with van der Waals surface area (Å²) in [4.78, 5) is 14.0. The lowest BCUT2D eigenvalue weighted by Gasteiger charge is -2.16. The normalized spacial score (nSPS) is 19.6. The Kier molecular flexibility index (Phi) is 4.99. The predicted molar refractivity (Wildman–Crippen MR) is 84.4 cm³/mol.